The summed E-state index contributed by atoms with van der Waals surface area (Å²) >= 11 is 0.443. The van der Waals surface area contributed by atoms with E-state index in [2.05, 4.69) is 5.82 Å². The van der Waals surface area contributed by atoms with Crippen LogP contribution in [0.2, 0.25) is 11.1 Å². The fourth-order valence-electron chi connectivity index (χ4n) is 0.944. The predicted molar refractivity (Wildman–Crippen MR) is 56.9 cm³/mol. The Bertz CT molecular complexity index is 290. The van der Waals surface area contributed by atoms with E-state index in [0.717, 1.165) is 5.56 Å². The van der Waals surface area contributed by atoms with Crippen molar-refractivity contribution in [2.24, 2.45) is 0 Å². The minimum atomic E-state index is 0.228. The first-order valence-electron chi connectivity index (χ1n) is 4.08. The van der Waals surface area contributed by atoms with Gasteiger partial charge in [0.1, 0.15) is 0 Å². The molecule has 0 atom stereocenters. The van der Waals surface area contributed by atoms with Crippen LogP contribution in [0.25, 0.3) is 6.08 Å². The Morgan fingerprint density at radius 1 is 1.38 bits per heavy atom. The molecule has 0 saturated carbocycles. The molecule has 68 valence electrons. The third-order valence-corrected chi connectivity index (χ3v) is 2.75. The summed E-state index contributed by atoms with van der Waals surface area (Å²) in [5.74, 6) is 2.30. The summed E-state index contributed by atoms with van der Waals surface area (Å²) < 4.78 is 0. The molecular formula is C11H12OSe. The fraction of sp³-hybridized carbons (Fsp3) is 0.182. The molecule has 1 aromatic carbocycles. The minimum absolute atomic E-state index is 0.228. The van der Waals surface area contributed by atoms with E-state index in [1.807, 2.05) is 36.4 Å². The van der Waals surface area contributed by atoms with E-state index in [0.29, 0.717) is 20.3 Å². The number of carbonyl (C=O) groups is 1. The first-order valence-corrected chi connectivity index (χ1v) is 7.00. The Morgan fingerprint density at radius 2 is 2.08 bits per heavy atom. The van der Waals surface area contributed by atoms with Crippen LogP contribution in [0.1, 0.15) is 5.56 Å². The SMILES string of the molecule is C[Se]CC(=O)/C=C/c1ccccc1. The summed E-state index contributed by atoms with van der Waals surface area (Å²) in [5.41, 5.74) is 1.08. The predicted octanol–water partition coefficient (Wildman–Crippen LogP) is 2.44. The first-order chi connectivity index (χ1) is 6.33. The molecule has 0 unspecified atom stereocenters. The molecule has 1 rings (SSSR count). The zero-order valence-corrected chi connectivity index (χ0v) is 9.28. The maximum absolute atomic E-state index is 11.1. The molecule has 13 heavy (non-hydrogen) atoms. The fourth-order valence-corrected chi connectivity index (χ4v) is 1.74. The van der Waals surface area contributed by atoms with Gasteiger partial charge in [-0.2, -0.15) is 0 Å². The van der Waals surface area contributed by atoms with Gasteiger partial charge in [-0.05, 0) is 0 Å². The van der Waals surface area contributed by atoms with E-state index in [1.54, 1.807) is 6.08 Å². The third-order valence-electron chi connectivity index (χ3n) is 1.55. The molecule has 0 amide bonds. The van der Waals surface area contributed by atoms with Gasteiger partial charge in [0.2, 0.25) is 0 Å². The van der Waals surface area contributed by atoms with Crippen molar-refractivity contribution in [3.05, 3.63) is 42.0 Å². The second-order valence-corrected chi connectivity index (χ2v) is 4.46. The third kappa shape index (κ3) is 4.07. The van der Waals surface area contributed by atoms with Crippen LogP contribution >= 0.6 is 0 Å². The molecule has 0 saturated heterocycles. The van der Waals surface area contributed by atoms with Gasteiger partial charge >= 0.3 is 84.7 Å². The van der Waals surface area contributed by atoms with Gasteiger partial charge in [0.15, 0.2) is 0 Å². The summed E-state index contributed by atoms with van der Waals surface area (Å²) in [6, 6.07) is 9.87. The van der Waals surface area contributed by atoms with Crippen molar-refractivity contribution >= 4 is 26.8 Å². The quantitative estimate of drug-likeness (QED) is 0.582. The molecule has 1 aromatic rings. The normalized spacial score (nSPS) is 10.5. The van der Waals surface area contributed by atoms with Crippen LogP contribution in [0.5, 0.6) is 0 Å². The molecule has 1 nitrogen and oxygen atoms in total. The Morgan fingerprint density at radius 3 is 2.69 bits per heavy atom. The molecule has 0 aromatic heterocycles. The number of allylic oxidation sites excluding steroid dienone is 1. The molecule has 0 bridgehead atoms. The van der Waals surface area contributed by atoms with Gasteiger partial charge in [-0.1, -0.05) is 0 Å². The van der Waals surface area contributed by atoms with Crippen LogP contribution in [0.3, 0.4) is 0 Å². The maximum atomic E-state index is 11.1. The molecule has 0 heterocycles. The van der Waals surface area contributed by atoms with Gasteiger partial charge in [-0.25, -0.2) is 0 Å². The summed E-state index contributed by atoms with van der Waals surface area (Å²) in [7, 11) is 0. The Hall–Kier alpha value is -0.851. The summed E-state index contributed by atoms with van der Waals surface area (Å²) in [6.45, 7) is 0. The van der Waals surface area contributed by atoms with Crippen LogP contribution in [-0.4, -0.2) is 20.7 Å². The summed E-state index contributed by atoms with van der Waals surface area (Å²) in [6.07, 6.45) is 3.54. The zero-order chi connectivity index (χ0) is 9.52. The second-order valence-electron chi connectivity index (χ2n) is 2.64. The number of hydrogen-bond acceptors (Lipinski definition) is 1. The van der Waals surface area contributed by atoms with Crippen molar-refractivity contribution in [3.63, 3.8) is 0 Å². The van der Waals surface area contributed by atoms with Gasteiger partial charge in [0.25, 0.3) is 0 Å². The molecule has 0 radical (unpaired) electrons. The molecule has 0 fully saturated rings. The van der Waals surface area contributed by atoms with Crippen molar-refractivity contribution in [2.75, 3.05) is 0 Å². The number of ketones is 1. The number of benzene rings is 1. The number of rotatable bonds is 4. The molecule has 0 aliphatic rings. The van der Waals surface area contributed by atoms with Crippen LogP contribution in [0, 0.1) is 0 Å². The van der Waals surface area contributed by atoms with E-state index >= 15 is 0 Å². The summed E-state index contributed by atoms with van der Waals surface area (Å²) in [5, 5.41) is 0.705. The van der Waals surface area contributed by atoms with Crippen molar-refractivity contribution in [1.29, 1.82) is 0 Å². The van der Waals surface area contributed by atoms with Gasteiger partial charge in [0, 0.05) is 0 Å². The van der Waals surface area contributed by atoms with Crippen molar-refractivity contribution in [3.8, 4) is 0 Å². The van der Waals surface area contributed by atoms with Gasteiger partial charge in [-0.3, -0.25) is 0 Å². The number of carbonyl (C=O) groups excluding carboxylic acids is 1. The van der Waals surface area contributed by atoms with Crippen molar-refractivity contribution in [2.45, 2.75) is 11.1 Å². The van der Waals surface area contributed by atoms with Crippen LogP contribution in [-0.2, 0) is 4.79 Å². The van der Waals surface area contributed by atoms with Crippen molar-refractivity contribution in [1.82, 2.24) is 0 Å². The molecule has 0 spiro atoms. The Balaban J connectivity index is 2.54. The van der Waals surface area contributed by atoms with Crippen LogP contribution in [0.4, 0.5) is 0 Å². The van der Waals surface area contributed by atoms with E-state index in [4.69, 9.17) is 0 Å². The second kappa shape index (κ2) is 5.74. The van der Waals surface area contributed by atoms with Gasteiger partial charge < -0.3 is 0 Å². The monoisotopic (exact) mass is 240 g/mol. The zero-order valence-electron chi connectivity index (χ0n) is 7.57. The van der Waals surface area contributed by atoms with E-state index in [9.17, 15) is 4.79 Å². The van der Waals surface area contributed by atoms with E-state index < -0.39 is 0 Å². The molecule has 2 heteroatoms. The molecule has 0 aliphatic carbocycles. The van der Waals surface area contributed by atoms with E-state index in [-0.39, 0.29) is 5.78 Å². The number of hydrogen-bond donors (Lipinski definition) is 0. The standard InChI is InChI=1S/C11H12OSe/c1-13-9-11(12)8-7-10-5-3-2-4-6-10/h2-8H,9H2,1H3/b8-7+. The van der Waals surface area contributed by atoms with Gasteiger partial charge in [-0.15, -0.1) is 0 Å². The van der Waals surface area contributed by atoms with Gasteiger partial charge in [0.05, 0.1) is 0 Å². The van der Waals surface area contributed by atoms with Crippen LogP contribution < -0.4 is 0 Å². The average Bonchev–Trinajstić information content (AvgIpc) is 2.17. The Labute approximate surface area is 85.0 Å². The molecule has 0 aliphatic heterocycles. The Kier molecular flexibility index (Phi) is 4.52. The topological polar surface area (TPSA) is 17.1 Å². The summed E-state index contributed by atoms with van der Waals surface area (Å²) in [4.78, 5) is 11.1. The van der Waals surface area contributed by atoms with E-state index in [1.165, 1.54) is 0 Å². The molecular weight excluding hydrogens is 227 g/mol. The average molecular weight is 239 g/mol. The molecule has 0 N–H and O–H groups in total. The van der Waals surface area contributed by atoms with Crippen LogP contribution in [0.15, 0.2) is 36.4 Å². The first kappa shape index (κ1) is 10.2. The van der Waals surface area contributed by atoms with Crippen molar-refractivity contribution < 1.29 is 4.79 Å².